The van der Waals surface area contributed by atoms with Crippen LogP contribution in [0.3, 0.4) is 0 Å². The Kier molecular flexibility index (Phi) is 5.48. The first-order chi connectivity index (χ1) is 14.8. The summed E-state index contributed by atoms with van der Waals surface area (Å²) in [6.45, 7) is 2.45. The average Bonchev–Trinajstić information content (AvgIpc) is 3.29. The molecule has 2 amide bonds. The van der Waals surface area contributed by atoms with Crippen LogP contribution >= 0.6 is 0 Å². The Morgan fingerprint density at radius 2 is 1.90 bits per heavy atom. The molecule has 1 fully saturated rings. The number of hydrogen-bond donors (Lipinski definition) is 3. The number of pyridine rings is 1. The van der Waals surface area contributed by atoms with Crippen LogP contribution in [0, 0.1) is 6.92 Å². The molecule has 31 heavy (non-hydrogen) atoms. The van der Waals surface area contributed by atoms with E-state index in [4.69, 9.17) is 0 Å². The molecule has 1 saturated carbocycles. The molecule has 3 N–H and O–H groups in total. The summed E-state index contributed by atoms with van der Waals surface area (Å²) >= 11 is 0. The fraction of sp³-hybridized carbons (Fsp3) is 0.476. The van der Waals surface area contributed by atoms with Crippen molar-refractivity contribution in [2.75, 3.05) is 31.3 Å². The average molecular weight is 425 g/mol. The van der Waals surface area contributed by atoms with Crippen LogP contribution in [-0.4, -0.2) is 51.9 Å². The number of hydrogen-bond acceptors (Lipinski definition) is 7. The first-order valence-corrected chi connectivity index (χ1v) is 10.4. The van der Waals surface area contributed by atoms with Gasteiger partial charge in [0.1, 0.15) is 35.0 Å². The standard InChI is InChI=1S/C21H27N7O3/c1-13-10-14(20(31)28-18(13)19(30)26-21(28)7-4-5-8-21)24-15-11-16(23-12-22-15)25-17(29)6-9-27(2)3/h10-12H,4-9H2,1-3H3,(H,26,30)(H2,22,23,24,25,29). The molecule has 4 rings (SSSR count). The smallest absolute Gasteiger partial charge is 0.276 e. The number of rotatable bonds is 6. The second-order valence-electron chi connectivity index (χ2n) is 8.44. The van der Waals surface area contributed by atoms with Crippen LogP contribution in [-0.2, 0) is 10.5 Å². The van der Waals surface area contributed by atoms with Crippen LogP contribution in [0.5, 0.6) is 0 Å². The molecular weight excluding hydrogens is 398 g/mol. The number of nitrogens with one attached hydrogen (secondary N) is 3. The molecule has 0 radical (unpaired) electrons. The van der Waals surface area contributed by atoms with E-state index in [1.807, 2.05) is 25.9 Å². The minimum atomic E-state index is -0.636. The summed E-state index contributed by atoms with van der Waals surface area (Å²) in [5.74, 6) is 0.378. The van der Waals surface area contributed by atoms with Crippen molar-refractivity contribution in [3.05, 3.63) is 40.1 Å². The highest BCUT2D eigenvalue weighted by atomic mass is 16.2. The van der Waals surface area contributed by atoms with Crippen molar-refractivity contribution in [2.45, 2.75) is 44.7 Å². The van der Waals surface area contributed by atoms with E-state index in [-0.39, 0.29) is 17.4 Å². The SMILES string of the molecule is Cc1cc(Nc2cc(NC(=O)CCN(C)C)ncn2)c(=O)n2c1C(=O)NC21CCCC1. The predicted octanol–water partition coefficient (Wildman–Crippen LogP) is 1.55. The van der Waals surface area contributed by atoms with E-state index in [0.29, 0.717) is 36.0 Å². The highest BCUT2D eigenvalue weighted by Gasteiger charge is 2.46. The molecule has 2 aromatic heterocycles. The lowest BCUT2D eigenvalue weighted by Crippen LogP contribution is -2.45. The third-order valence-electron chi connectivity index (χ3n) is 5.79. The van der Waals surface area contributed by atoms with Gasteiger partial charge in [-0.15, -0.1) is 0 Å². The van der Waals surface area contributed by atoms with Crippen molar-refractivity contribution < 1.29 is 9.59 Å². The van der Waals surface area contributed by atoms with Crippen LogP contribution < -0.4 is 21.5 Å². The van der Waals surface area contributed by atoms with Gasteiger partial charge in [-0.3, -0.25) is 19.0 Å². The summed E-state index contributed by atoms with van der Waals surface area (Å²) in [5.41, 5.74) is 0.565. The summed E-state index contributed by atoms with van der Waals surface area (Å²) in [6, 6.07) is 3.24. The summed E-state index contributed by atoms with van der Waals surface area (Å²) in [7, 11) is 3.80. The molecule has 2 aliphatic rings. The fourth-order valence-corrected chi connectivity index (χ4v) is 4.32. The van der Waals surface area contributed by atoms with Crippen LogP contribution in [0.15, 0.2) is 23.3 Å². The van der Waals surface area contributed by atoms with Crippen molar-refractivity contribution in [1.29, 1.82) is 0 Å². The van der Waals surface area contributed by atoms with Crippen molar-refractivity contribution in [1.82, 2.24) is 24.8 Å². The van der Waals surface area contributed by atoms with Gasteiger partial charge in [-0.25, -0.2) is 9.97 Å². The molecule has 10 nitrogen and oxygen atoms in total. The van der Waals surface area contributed by atoms with Gasteiger partial charge in [0, 0.05) is 19.0 Å². The molecule has 3 heterocycles. The number of carbonyl (C=O) groups excluding carboxylic acids is 2. The van der Waals surface area contributed by atoms with Gasteiger partial charge in [-0.1, -0.05) is 0 Å². The van der Waals surface area contributed by atoms with Crippen LogP contribution in [0.4, 0.5) is 17.3 Å². The number of aromatic nitrogens is 3. The molecule has 0 saturated heterocycles. The second-order valence-corrected chi connectivity index (χ2v) is 8.44. The van der Waals surface area contributed by atoms with E-state index >= 15 is 0 Å². The first-order valence-electron chi connectivity index (χ1n) is 10.4. The van der Waals surface area contributed by atoms with Crippen molar-refractivity contribution in [3.63, 3.8) is 0 Å². The molecule has 0 atom stereocenters. The van der Waals surface area contributed by atoms with Gasteiger partial charge in [-0.2, -0.15) is 0 Å². The zero-order chi connectivity index (χ0) is 22.2. The zero-order valence-electron chi connectivity index (χ0n) is 18.0. The third-order valence-corrected chi connectivity index (χ3v) is 5.79. The van der Waals surface area contributed by atoms with E-state index in [1.54, 1.807) is 16.7 Å². The van der Waals surface area contributed by atoms with E-state index < -0.39 is 5.66 Å². The Bertz CT molecular complexity index is 1090. The normalized spacial score (nSPS) is 16.5. The van der Waals surface area contributed by atoms with Crippen molar-refractivity contribution in [2.24, 2.45) is 0 Å². The van der Waals surface area contributed by atoms with E-state index in [9.17, 15) is 14.4 Å². The van der Waals surface area contributed by atoms with Gasteiger partial charge in [0.05, 0.1) is 0 Å². The van der Waals surface area contributed by atoms with Gasteiger partial charge >= 0.3 is 0 Å². The molecule has 10 heteroatoms. The molecule has 0 aromatic carbocycles. The lowest BCUT2D eigenvalue weighted by Gasteiger charge is -2.26. The Balaban J connectivity index is 1.60. The highest BCUT2D eigenvalue weighted by molar-refractivity contribution is 5.97. The van der Waals surface area contributed by atoms with Gasteiger partial charge in [-0.05, 0) is 58.3 Å². The number of carbonyl (C=O) groups is 2. The highest BCUT2D eigenvalue weighted by Crippen LogP contribution is 2.38. The van der Waals surface area contributed by atoms with Crippen LogP contribution in [0.25, 0.3) is 0 Å². The number of amides is 2. The monoisotopic (exact) mass is 425 g/mol. The fourth-order valence-electron chi connectivity index (χ4n) is 4.32. The van der Waals surface area contributed by atoms with Crippen molar-refractivity contribution >= 4 is 29.1 Å². The zero-order valence-corrected chi connectivity index (χ0v) is 18.0. The Hall–Kier alpha value is -3.27. The Labute approximate surface area is 180 Å². The molecule has 1 aliphatic heterocycles. The van der Waals surface area contributed by atoms with Gasteiger partial charge < -0.3 is 20.9 Å². The summed E-state index contributed by atoms with van der Waals surface area (Å²) in [4.78, 5) is 48.1. The molecule has 0 unspecified atom stereocenters. The lowest BCUT2D eigenvalue weighted by atomic mass is 10.1. The third kappa shape index (κ3) is 4.02. The maximum Gasteiger partial charge on any atom is 0.276 e. The number of fused-ring (bicyclic) bond motifs is 2. The summed E-state index contributed by atoms with van der Waals surface area (Å²) in [6.07, 6.45) is 5.08. The van der Waals surface area contributed by atoms with E-state index in [0.717, 1.165) is 31.2 Å². The minimum absolute atomic E-state index is 0.153. The second kappa shape index (κ2) is 8.10. The minimum Gasteiger partial charge on any atom is -0.336 e. The molecule has 1 spiro atoms. The quantitative estimate of drug-likeness (QED) is 0.642. The maximum absolute atomic E-state index is 13.3. The van der Waals surface area contributed by atoms with Gasteiger partial charge in [0.15, 0.2) is 0 Å². The Morgan fingerprint density at radius 1 is 1.19 bits per heavy atom. The number of nitrogens with zero attached hydrogens (tertiary/aromatic N) is 4. The van der Waals surface area contributed by atoms with Crippen LogP contribution in [0.1, 0.15) is 48.2 Å². The predicted molar refractivity (Wildman–Crippen MR) is 116 cm³/mol. The molecular formula is C21H27N7O3. The topological polar surface area (TPSA) is 121 Å². The largest absolute Gasteiger partial charge is 0.336 e. The number of aryl methyl sites for hydroxylation is 1. The van der Waals surface area contributed by atoms with Gasteiger partial charge in [0.2, 0.25) is 5.91 Å². The van der Waals surface area contributed by atoms with E-state index in [1.165, 1.54) is 6.33 Å². The van der Waals surface area contributed by atoms with Crippen molar-refractivity contribution in [3.8, 4) is 0 Å². The summed E-state index contributed by atoms with van der Waals surface area (Å²) < 4.78 is 1.62. The molecule has 2 aromatic rings. The molecule has 1 aliphatic carbocycles. The van der Waals surface area contributed by atoms with Crippen LogP contribution in [0.2, 0.25) is 0 Å². The Morgan fingerprint density at radius 3 is 2.61 bits per heavy atom. The van der Waals surface area contributed by atoms with E-state index in [2.05, 4.69) is 25.9 Å². The summed E-state index contributed by atoms with van der Waals surface area (Å²) in [5, 5.41) is 8.82. The maximum atomic E-state index is 13.3. The lowest BCUT2D eigenvalue weighted by molar-refractivity contribution is -0.116. The van der Waals surface area contributed by atoms with Gasteiger partial charge in [0.25, 0.3) is 11.5 Å². The molecule has 164 valence electrons. The molecule has 0 bridgehead atoms. The first kappa shape index (κ1) is 21.0. The number of anilines is 3.